The maximum absolute atomic E-state index is 14.8. The molecule has 1 saturated heterocycles. The zero-order chi connectivity index (χ0) is 28.5. The molecule has 216 valence electrons. The Kier molecular flexibility index (Phi) is 9.01. The molecule has 1 heterocycles. The number of rotatable bonds is 11. The predicted molar refractivity (Wildman–Crippen MR) is 163 cm³/mol. The number of allylic oxidation sites excluding steroid dienone is 1. The predicted octanol–water partition coefficient (Wildman–Crippen LogP) is 7.66. The minimum atomic E-state index is -3.46. The van der Waals surface area contributed by atoms with Crippen LogP contribution >= 0.6 is 23.2 Å². The van der Waals surface area contributed by atoms with Crippen LogP contribution in [-0.4, -0.2) is 37.1 Å². The summed E-state index contributed by atoms with van der Waals surface area (Å²) in [6, 6.07) is 15.2. The SMILES string of the molecule is C=CC[C@@]1(CC)C[C@H](c2cccc(Cl)c2)C(c2ccc(Cl)cc2)N(C(CNS(=O)(=O)C2CCCC2)C2CC2)C1=O. The van der Waals surface area contributed by atoms with Crippen LogP contribution in [0.3, 0.4) is 0 Å². The van der Waals surface area contributed by atoms with Gasteiger partial charge in [-0.15, -0.1) is 6.58 Å². The highest BCUT2D eigenvalue weighted by Crippen LogP contribution is 2.55. The lowest BCUT2D eigenvalue weighted by atomic mass is 9.65. The molecule has 3 aliphatic rings. The number of benzene rings is 2. The van der Waals surface area contributed by atoms with Gasteiger partial charge < -0.3 is 4.90 Å². The van der Waals surface area contributed by atoms with Crippen molar-refractivity contribution in [2.45, 2.75) is 88.0 Å². The van der Waals surface area contributed by atoms with Crippen LogP contribution < -0.4 is 4.72 Å². The van der Waals surface area contributed by atoms with Crippen LogP contribution in [0.2, 0.25) is 10.0 Å². The van der Waals surface area contributed by atoms with Crippen LogP contribution in [0.4, 0.5) is 0 Å². The van der Waals surface area contributed by atoms with Gasteiger partial charge in [-0.25, -0.2) is 13.1 Å². The maximum Gasteiger partial charge on any atom is 0.229 e. The number of piperidine rings is 1. The molecule has 2 unspecified atom stereocenters. The van der Waals surface area contributed by atoms with Gasteiger partial charge >= 0.3 is 0 Å². The van der Waals surface area contributed by atoms with Crippen molar-refractivity contribution >= 4 is 39.1 Å². The Morgan fingerprint density at radius 2 is 1.75 bits per heavy atom. The third kappa shape index (κ3) is 6.01. The summed E-state index contributed by atoms with van der Waals surface area (Å²) < 4.78 is 29.5. The van der Waals surface area contributed by atoms with Crippen LogP contribution in [0.5, 0.6) is 0 Å². The average molecular weight is 604 g/mol. The van der Waals surface area contributed by atoms with E-state index in [0.29, 0.717) is 42.1 Å². The Balaban J connectivity index is 1.62. The molecule has 4 atom stereocenters. The first-order valence-corrected chi connectivity index (χ1v) is 16.9. The number of hydrogen-bond donors (Lipinski definition) is 1. The quantitative estimate of drug-likeness (QED) is 0.268. The van der Waals surface area contributed by atoms with E-state index < -0.39 is 15.4 Å². The van der Waals surface area contributed by atoms with Crippen LogP contribution in [0.15, 0.2) is 61.2 Å². The Morgan fingerprint density at radius 3 is 2.35 bits per heavy atom. The third-order valence-electron chi connectivity index (χ3n) is 9.44. The first-order valence-electron chi connectivity index (χ1n) is 14.6. The summed E-state index contributed by atoms with van der Waals surface area (Å²) in [5.74, 6) is 0.302. The Hall–Kier alpha value is -1.86. The van der Waals surface area contributed by atoms with E-state index in [0.717, 1.165) is 36.8 Å². The molecule has 2 aliphatic carbocycles. The van der Waals surface area contributed by atoms with Gasteiger partial charge in [0.25, 0.3) is 0 Å². The number of nitrogens with zero attached hydrogens (tertiary/aromatic N) is 1. The second-order valence-electron chi connectivity index (χ2n) is 11.9. The fourth-order valence-electron chi connectivity index (χ4n) is 7.04. The zero-order valence-corrected chi connectivity index (χ0v) is 25.5. The number of likely N-dealkylation sites (tertiary alicyclic amines) is 1. The zero-order valence-electron chi connectivity index (χ0n) is 23.2. The monoisotopic (exact) mass is 602 g/mol. The highest BCUT2D eigenvalue weighted by molar-refractivity contribution is 7.90. The standard InChI is InChI=1S/C32H40Cl2N2O3S/c1-3-18-32(4-2)20-28(24-8-7-9-26(34)19-24)30(23-14-16-25(33)17-15-23)36(31(32)37)29(22-12-13-22)21-35-40(38,39)27-10-5-6-11-27/h3,7-9,14-17,19,22,27-30,35H,1,4-6,10-13,18,20-21H2,2H3/t28-,29?,30?,32+/m1/s1. The van der Waals surface area contributed by atoms with E-state index in [4.69, 9.17) is 23.2 Å². The summed E-state index contributed by atoms with van der Waals surface area (Å²) in [7, 11) is -3.46. The highest BCUT2D eigenvalue weighted by Gasteiger charge is 2.54. The van der Waals surface area contributed by atoms with Crippen molar-refractivity contribution in [3.8, 4) is 0 Å². The van der Waals surface area contributed by atoms with Crippen LogP contribution in [0.25, 0.3) is 0 Å². The van der Waals surface area contributed by atoms with Crippen molar-refractivity contribution < 1.29 is 13.2 Å². The summed E-state index contributed by atoms with van der Waals surface area (Å²) in [5, 5.41) is 0.949. The lowest BCUT2D eigenvalue weighted by molar-refractivity contribution is -0.156. The summed E-state index contributed by atoms with van der Waals surface area (Å²) in [5.41, 5.74) is 1.44. The molecule has 1 N–H and O–H groups in total. The number of nitrogens with one attached hydrogen (secondary N) is 1. The van der Waals surface area contributed by atoms with Crippen LogP contribution in [0.1, 0.15) is 87.8 Å². The molecule has 1 aliphatic heterocycles. The second-order valence-corrected chi connectivity index (χ2v) is 14.8. The number of carbonyl (C=O) groups is 1. The first-order chi connectivity index (χ1) is 19.2. The van der Waals surface area contributed by atoms with Crippen molar-refractivity contribution in [1.82, 2.24) is 9.62 Å². The average Bonchev–Trinajstić information content (AvgIpc) is 3.61. The van der Waals surface area contributed by atoms with Crippen molar-refractivity contribution in [3.63, 3.8) is 0 Å². The molecule has 2 aromatic rings. The number of carbonyl (C=O) groups excluding carboxylic acids is 1. The molecular formula is C32H40Cl2N2O3S. The van der Waals surface area contributed by atoms with Crippen molar-refractivity contribution in [2.75, 3.05) is 6.54 Å². The molecule has 0 radical (unpaired) electrons. The van der Waals surface area contributed by atoms with E-state index in [-0.39, 0.29) is 41.6 Å². The number of sulfonamides is 1. The Bertz CT molecular complexity index is 1320. The van der Waals surface area contributed by atoms with E-state index in [1.54, 1.807) is 0 Å². The molecule has 0 bridgehead atoms. The van der Waals surface area contributed by atoms with Crippen LogP contribution in [0, 0.1) is 11.3 Å². The van der Waals surface area contributed by atoms with Crippen molar-refractivity contribution in [2.24, 2.45) is 11.3 Å². The molecule has 0 spiro atoms. The summed E-state index contributed by atoms with van der Waals surface area (Å²) >= 11 is 12.8. The highest BCUT2D eigenvalue weighted by atomic mass is 35.5. The van der Waals surface area contributed by atoms with E-state index in [2.05, 4.69) is 29.2 Å². The molecular weight excluding hydrogens is 563 g/mol. The number of amides is 1. The minimum absolute atomic E-state index is 0.0369. The normalized spacial score (nSPS) is 26.7. The van der Waals surface area contributed by atoms with Gasteiger partial charge in [0.05, 0.1) is 16.7 Å². The Labute approximate surface area is 249 Å². The van der Waals surface area contributed by atoms with E-state index in [1.807, 2.05) is 48.5 Å². The topological polar surface area (TPSA) is 66.5 Å². The van der Waals surface area contributed by atoms with Gasteiger partial charge in [-0.05, 0) is 86.3 Å². The summed E-state index contributed by atoms with van der Waals surface area (Å²) in [6.07, 6.45) is 9.01. The van der Waals surface area contributed by atoms with E-state index in [1.165, 1.54) is 0 Å². The van der Waals surface area contributed by atoms with E-state index in [9.17, 15) is 13.2 Å². The molecule has 0 aromatic heterocycles. The molecule has 40 heavy (non-hydrogen) atoms. The molecule has 3 fully saturated rings. The maximum atomic E-state index is 14.8. The van der Waals surface area contributed by atoms with Crippen LogP contribution in [-0.2, 0) is 14.8 Å². The first kappa shape index (κ1) is 29.6. The number of halogens is 2. The van der Waals surface area contributed by atoms with Gasteiger partial charge in [0.1, 0.15) is 0 Å². The lowest BCUT2D eigenvalue weighted by Crippen LogP contribution is -2.59. The fourth-order valence-corrected chi connectivity index (χ4v) is 8.96. The largest absolute Gasteiger partial charge is 0.330 e. The van der Waals surface area contributed by atoms with Gasteiger partial charge in [-0.2, -0.15) is 0 Å². The van der Waals surface area contributed by atoms with Gasteiger partial charge in [-0.3, -0.25) is 4.79 Å². The van der Waals surface area contributed by atoms with Crippen molar-refractivity contribution in [3.05, 3.63) is 82.4 Å². The third-order valence-corrected chi connectivity index (χ3v) is 11.8. The van der Waals surface area contributed by atoms with Gasteiger partial charge in [0, 0.05) is 28.5 Å². The minimum Gasteiger partial charge on any atom is -0.330 e. The number of hydrogen-bond acceptors (Lipinski definition) is 3. The molecule has 2 aromatic carbocycles. The Morgan fingerprint density at radius 1 is 1.05 bits per heavy atom. The smallest absolute Gasteiger partial charge is 0.229 e. The van der Waals surface area contributed by atoms with E-state index >= 15 is 0 Å². The van der Waals surface area contributed by atoms with Crippen molar-refractivity contribution in [1.29, 1.82) is 0 Å². The molecule has 2 saturated carbocycles. The van der Waals surface area contributed by atoms with Gasteiger partial charge in [0.15, 0.2) is 0 Å². The van der Waals surface area contributed by atoms with Gasteiger partial charge in [0.2, 0.25) is 15.9 Å². The molecule has 8 heteroatoms. The fraction of sp³-hybridized carbons (Fsp3) is 0.531. The second kappa shape index (κ2) is 12.2. The summed E-state index contributed by atoms with van der Waals surface area (Å²) in [4.78, 5) is 16.8. The van der Waals surface area contributed by atoms with Gasteiger partial charge in [-0.1, -0.05) is 73.3 Å². The molecule has 1 amide bonds. The molecule has 5 rings (SSSR count). The summed E-state index contributed by atoms with van der Waals surface area (Å²) in [6.45, 7) is 6.32. The molecule has 5 nitrogen and oxygen atoms in total. The lowest BCUT2D eigenvalue weighted by Gasteiger charge is -2.53.